The van der Waals surface area contributed by atoms with Gasteiger partial charge in [-0.05, 0) is 55.1 Å². The van der Waals surface area contributed by atoms with Gasteiger partial charge in [0.2, 0.25) is 0 Å². The molecular weight excluding hydrogens is 362 g/mol. The van der Waals surface area contributed by atoms with Crippen molar-refractivity contribution in [1.29, 1.82) is 0 Å². The maximum atomic E-state index is 12.4. The molecule has 1 aliphatic heterocycles. The van der Waals surface area contributed by atoms with Crippen molar-refractivity contribution in [3.05, 3.63) is 65.7 Å². The molecule has 1 unspecified atom stereocenters. The van der Waals surface area contributed by atoms with Crippen molar-refractivity contribution in [2.75, 3.05) is 32.5 Å². The molecule has 3 rings (SSSR count). The summed E-state index contributed by atoms with van der Waals surface area (Å²) in [6.45, 7) is 2.40. The van der Waals surface area contributed by atoms with E-state index in [0.29, 0.717) is 22.9 Å². The average Bonchev–Trinajstić information content (AvgIpc) is 3.14. The maximum absolute atomic E-state index is 12.4. The molecule has 0 spiro atoms. The first-order valence-corrected chi connectivity index (χ1v) is 10.8. The van der Waals surface area contributed by atoms with Crippen molar-refractivity contribution < 1.29 is 17.9 Å². The number of rotatable bonds is 7. The van der Waals surface area contributed by atoms with E-state index in [1.54, 1.807) is 36.4 Å². The first-order valence-electron chi connectivity index (χ1n) is 9.15. The van der Waals surface area contributed by atoms with Crippen LogP contribution in [-0.4, -0.2) is 51.8 Å². The summed E-state index contributed by atoms with van der Waals surface area (Å²) in [6, 6.07) is 16.2. The Morgan fingerprint density at radius 1 is 1.11 bits per heavy atom. The monoisotopic (exact) mass is 387 g/mol. The number of ether oxygens (including phenoxy) is 1. The van der Waals surface area contributed by atoms with Gasteiger partial charge in [0.25, 0.3) is 0 Å². The maximum Gasteiger partial charge on any atom is 0.337 e. The Morgan fingerprint density at radius 3 is 2.48 bits per heavy atom. The SMILES string of the molecule is COC(=O)c1ccc(CC2CCN(CCS(=O)(=O)c3ccccc3)C2)cc1. The van der Waals surface area contributed by atoms with E-state index in [4.69, 9.17) is 4.74 Å². The van der Waals surface area contributed by atoms with Crippen molar-refractivity contribution in [3.63, 3.8) is 0 Å². The van der Waals surface area contributed by atoms with E-state index in [0.717, 1.165) is 25.9 Å². The molecule has 1 atom stereocenters. The van der Waals surface area contributed by atoms with Crippen molar-refractivity contribution in [2.45, 2.75) is 17.7 Å². The molecule has 1 saturated heterocycles. The molecule has 2 aromatic rings. The van der Waals surface area contributed by atoms with Crippen LogP contribution in [0.3, 0.4) is 0 Å². The Balaban J connectivity index is 1.49. The molecule has 1 aliphatic rings. The quantitative estimate of drug-likeness (QED) is 0.684. The predicted octanol–water partition coefficient (Wildman–Crippen LogP) is 2.81. The summed E-state index contributed by atoms with van der Waals surface area (Å²) >= 11 is 0. The van der Waals surface area contributed by atoms with Crippen LogP contribution in [0.4, 0.5) is 0 Å². The van der Waals surface area contributed by atoms with Crippen LogP contribution in [0, 0.1) is 5.92 Å². The number of likely N-dealkylation sites (tertiary alicyclic amines) is 1. The minimum atomic E-state index is -3.23. The highest BCUT2D eigenvalue weighted by Crippen LogP contribution is 2.22. The lowest BCUT2D eigenvalue weighted by Gasteiger charge is -2.16. The Hall–Kier alpha value is -2.18. The van der Waals surface area contributed by atoms with Gasteiger partial charge in [-0.3, -0.25) is 0 Å². The largest absolute Gasteiger partial charge is 0.465 e. The van der Waals surface area contributed by atoms with Gasteiger partial charge in [0.05, 0.1) is 23.3 Å². The zero-order valence-corrected chi connectivity index (χ0v) is 16.3. The second-order valence-electron chi connectivity index (χ2n) is 6.98. The minimum absolute atomic E-state index is 0.150. The first kappa shape index (κ1) is 19.6. The second kappa shape index (κ2) is 8.67. The molecule has 0 aliphatic carbocycles. The summed E-state index contributed by atoms with van der Waals surface area (Å²) in [7, 11) is -1.85. The fraction of sp³-hybridized carbons (Fsp3) is 0.381. The zero-order chi connectivity index (χ0) is 19.3. The number of carbonyl (C=O) groups excluding carboxylic acids is 1. The van der Waals surface area contributed by atoms with Crippen LogP contribution in [0.15, 0.2) is 59.5 Å². The number of sulfone groups is 1. The van der Waals surface area contributed by atoms with Gasteiger partial charge < -0.3 is 9.64 Å². The molecule has 0 radical (unpaired) electrons. The van der Waals surface area contributed by atoms with Gasteiger partial charge >= 0.3 is 5.97 Å². The summed E-state index contributed by atoms with van der Waals surface area (Å²) in [6.07, 6.45) is 1.99. The summed E-state index contributed by atoms with van der Waals surface area (Å²) in [4.78, 5) is 14.1. The van der Waals surface area contributed by atoms with Gasteiger partial charge in [-0.2, -0.15) is 0 Å². The molecule has 0 saturated carbocycles. The highest BCUT2D eigenvalue weighted by atomic mass is 32.2. The summed E-state index contributed by atoms with van der Waals surface area (Å²) in [5, 5.41) is 0. The van der Waals surface area contributed by atoms with Crippen LogP contribution in [-0.2, 0) is 21.0 Å². The van der Waals surface area contributed by atoms with E-state index in [-0.39, 0.29) is 11.7 Å². The lowest BCUT2D eigenvalue weighted by molar-refractivity contribution is 0.0600. The molecule has 0 bridgehead atoms. The number of methoxy groups -OCH3 is 1. The van der Waals surface area contributed by atoms with Crippen LogP contribution in [0.2, 0.25) is 0 Å². The van der Waals surface area contributed by atoms with Crippen molar-refractivity contribution in [1.82, 2.24) is 4.90 Å². The fourth-order valence-corrected chi connectivity index (χ4v) is 4.81. The van der Waals surface area contributed by atoms with E-state index < -0.39 is 9.84 Å². The molecule has 0 amide bonds. The molecule has 1 heterocycles. The molecule has 6 heteroatoms. The Morgan fingerprint density at radius 2 is 1.81 bits per heavy atom. The summed E-state index contributed by atoms with van der Waals surface area (Å²) in [5.41, 5.74) is 1.74. The zero-order valence-electron chi connectivity index (χ0n) is 15.5. The lowest BCUT2D eigenvalue weighted by Crippen LogP contribution is -2.27. The average molecular weight is 388 g/mol. The highest BCUT2D eigenvalue weighted by Gasteiger charge is 2.24. The normalized spacial score (nSPS) is 17.7. The van der Waals surface area contributed by atoms with Crippen LogP contribution >= 0.6 is 0 Å². The second-order valence-corrected chi connectivity index (χ2v) is 9.09. The van der Waals surface area contributed by atoms with E-state index >= 15 is 0 Å². The van der Waals surface area contributed by atoms with E-state index in [9.17, 15) is 13.2 Å². The molecule has 27 heavy (non-hydrogen) atoms. The van der Waals surface area contributed by atoms with E-state index in [2.05, 4.69) is 4.90 Å². The van der Waals surface area contributed by atoms with Gasteiger partial charge in [-0.1, -0.05) is 30.3 Å². The van der Waals surface area contributed by atoms with Gasteiger partial charge in [0.15, 0.2) is 9.84 Å². The smallest absolute Gasteiger partial charge is 0.337 e. The predicted molar refractivity (Wildman–Crippen MR) is 105 cm³/mol. The first-order chi connectivity index (χ1) is 13.0. The molecule has 5 nitrogen and oxygen atoms in total. The van der Waals surface area contributed by atoms with Gasteiger partial charge in [-0.15, -0.1) is 0 Å². The van der Waals surface area contributed by atoms with Crippen molar-refractivity contribution in [2.24, 2.45) is 5.92 Å². The van der Waals surface area contributed by atoms with Crippen LogP contribution < -0.4 is 0 Å². The number of benzene rings is 2. The van der Waals surface area contributed by atoms with Crippen molar-refractivity contribution in [3.8, 4) is 0 Å². The minimum Gasteiger partial charge on any atom is -0.465 e. The van der Waals surface area contributed by atoms with E-state index in [1.165, 1.54) is 12.7 Å². The van der Waals surface area contributed by atoms with Gasteiger partial charge in [-0.25, -0.2) is 13.2 Å². The van der Waals surface area contributed by atoms with Gasteiger partial charge in [0.1, 0.15) is 0 Å². The third-order valence-corrected chi connectivity index (χ3v) is 6.76. The Bertz CT molecular complexity index is 863. The number of nitrogens with zero attached hydrogens (tertiary/aromatic N) is 1. The number of carbonyl (C=O) groups is 1. The highest BCUT2D eigenvalue weighted by molar-refractivity contribution is 7.91. The summed E-state index contributed by atoms with van der Waals surface area (Å²) < 4.78 is 29.5. The van der Waals surface area contributed by atoms with Crippen LogP contribution in [0.5, 0.6) is 0 Å². The van der Waals surface area contributed by atoms with Crippen molar-refractivity contribution >= 4 is 15.8 Å². The molecule has 0 N–H and O–H groups in total. The Kier molecular flexibility index (Phi) is 6.29. The topological polar surface area (TPSA) is 63.7 Å². The third-order valence-electron chi connectivity index (χ3n) is 5.05. The lowest BCUT2D eigenvalue weighted by atomic mass is 9.98. The van der Waals surface area contributed by atoms with Crippen LogP contribution in [0.25, 0.3) is 0 Å². The third kappa shape index (κ3) is 5.17. The molecular formula is C21H25NO4S. The number of esters is 1. The van der Waals surface area contributed by atoms with Gasteiger partial charge in [0, 0.05) is 13.1 Å². The fourth-order valence-electron chi connectivity index (χ4n) is 3.51. The summed E-state index contributed by atoms with van der Waals surface area (Å²) in [5.74, 6) is 0.332. The Labute approximate surface area is 160 Å². The number of hydrogen-bond donors (Lipinski definition) is 0. The standard InChI is InChI=1S/C21H25NO4S/c1-26-21(23)19-9-7-17(8-10-19)15-18-11-12-22(16-18)13-14-27(24,25)20-5-3-2-4-6-20/h2-10,18H,11-16H2,1H3. The molecule has 144 valence electrons. The van der Waals surface area contributed by atoms with Crippen LogP contribution in [0.1, 0.15) is 22.3 Å². The van der Waals surface area contributed by atoms with E-state index in [1.807, 2.05) is 18.2 Å². The molecule has 0 aromatic heterocycles. The molecule has 2 aromatic carbocycles. The number of hydrogen-bond acceptors (Lipinski definition) is 5. The molecule has 1 fully saturated rings.